The molecule has 1 aromatic carbocycles. The molecule has 1 aliphatic rings. The maximum atomic E-state index is 5.51. The van der Waals surface area contributed by atoms with Gasteiger partial charge in [-0.15, -0.1) is 11.3 Å². The van der Waals surface area contributed by atoms with Crippen molar-refractivity contribution in [1.29, 1.82) is 0 Å². The third kappa shape index (κ3) is 3.59. The predicted molar refractivity (Wildman–Crippen MR) is 92.0 cm³/mol. The minimum Gasteiger partial charge on any atom is -0.496 e. The second kappa shape index (κ2) is 7.11. The van der Waals surface area contributed by atoms with Crippen molar-refractivity contribution >= 4 is 16.5 Å². The van der Waals surface area contributed by atoms with E-state index in [1.807, 2.05) is 6.20 Å². The van der Waals surface area contributed by atoms with Gasteiger partial charge in [0.25, 0.3) is 0 Å². The minimum atomic E-state index is 0.955. The lowest BCUT2D eigenvalue weighted by atomic mass is 10.1. The van der Waals surface area contributed by atoms with Crippen molar-refractivity contribution in [3.8, 4) is 5.75 Å². The first kappa shape index (κ1) is 15.3. The van der Waals surface area contributed by atoms with Crippen LogP contribution in [0, 0.1) is 6.92 Å². The molecule has 5 heteroatoms. The Bertz CT molecular complexity index is 600. The normalized spacial score (nSPS) is 16.5. The number of aryl methyl sites for hydroxylation is 1. The molecule has 1 fully saturated rings. The molecule has 1 aromatic heterocycles. The molecule has 22 heavy (non-hydrogen) atoms. The van der Waals surface area contributed by atoms with E-state index in [2.05, 4.69) is 45.3 Å². The highest BCUT2D eigenvalue weighted by Gasteiger charge is 2.17. The van der Waals surface area contributed by atoms with Gasteiger partial charge in [0, 0.05) is 49.9 Å². The Morgan fingerprint density at radius 3 is 2.91 bits per heavy atom. The standard InChI is InChI=1S/C17H23N3OS/c1-14-4-5-16(21-2)15(12-14)13-19-7-3-8-20(10-9-19)17-18-6-11-22-17/h4-6,11-12H,3,7-10,13H2,1-2H3. The van der Waals surface area contributed by atoms with E-state index in [1.165, 1.54) is 17.5 Å². The summed E-state index contributed by atoms with van der Waals surface area (Å²) < 4.78 is 5.51. The Labute approximate surface area is 136 Å². The summed E-state index contributed by atoms with van der Waals surface area (Å²) in [5.41, 5.74) is 2.57. The first-order valence-corrected chi connectivity index (χ1v) is 8.64. The van der Waals surface area contributed by atoms with E-state index >= 15 is 0 Å². The zero-order chi connectivity index (χ0) is 15.4. The van der Waals surface area contributed by atoms with Crippen molar-refractivity contribution in [2.75, 3.05) is 38.2 Å². The molecule has 0 saturated carbocycles. The van der Waals surface area contributed by atoms with Gasteiger partial charge in [0.2, 0.25) is 0 Å². The molecule has 1 aliphatic heterocycles. The van der Waals surface area contributed by atoms with Crippen molar-refractivity contribution < 1.29 is 4.74 Å². The number of thiazole rings is 1. The van der Waals surface area contributed by atoms with Crippen LogP contribution in [0.25, 0.3) is 0 Å². The summed E-state index contributed by atoms with van der Waals surface area (Å²) >= 11 is 1.73. The lowest BCUT2D eigenvalue weighted by Crippen LogP contribution is -2.30. The van der Waals surface area contributed by atoms with Crippen molar-refractivity contribution in [2.45, 2.75) is 19.9 Å². The Morgan fingerprint density at radius 2 is 2.14 bits per heavy atom. The highest BCUT2D eigenvalue weighted by molar-refractivity contribution is 7.13. The van der Waals surface area contributed by atoms with Gasteiger partial charge >= 0.3 is 0 Å². The van der Waals surface area contributed by atoms with Crippen LogP contribution < -0.4 is 9.64 Å². The van der Waals surface area contributed by atoms with Gasteiger partial charge in [-0.05, 0) is 19.4 Å². The smallest absolute Gasteiger partial charge is 0.185 e. The lowest BCUT2D eigenvalue weighted by molar-refractivity contribution is 0.279. The van der Waals surface area contributed by atoms with Gasteiger partial charge in [0.15, 0.2) is 5.13 Å². The van der Waals surface area contributed by atoms with Crippen LogP contribution in [0.3, 0.4) is 0 Å². The van der Waals surface area contributed by atoms with Gasteiger partial charge < -0.3 is 9.64 Å². The Morgan fingerprint density at radius 1 is 1.23 bits per heavy atom. The summed E-state index contributed by atoms with van der Waals surface area (Å²) in [4.78, 5) is 9.36. The Kier molecular flexibility index (Phi) is 4.95. The molecule has 4 nitrogen and oxygen atoms in total. The van der Waals surface area contributed by atoms with E-state index in [-0.39, 0.29) is 0 Å². The van der Waals surface area contributed by atoms with Gasteiger partial charge in [0.05, 0.1) is 7.11 Å². The second-order valence-electron chi connectivity index (χ2n) is 5.75. The maximum Gasteiger partial charge on any atom is 0.185 e. The van der Waals surface area contributed by atoms with Crippen LogP contribution >= 0.6 is 11.3 Å². The van der Waals surface area contributed by atoms with E-state index in [9.17, 15) is 0 Å². The molecule has 2 aromatic rings. The molecule has 3 rings (SSSR count). The average molecular weight is 317 g/mol. The summed E-state index contributed by atoms with van der Waals surface area (Å²) in [7, 11) is 1.75. The van der Waals surface area contributed by atoms with Crippen LogP contribution in [0.2, 0.25) is 0 Å². The van der Waals surface area contributed by atoms with Crippen LogP contribution in [0.4, 0.5) is 5.13 Å². The van der Waals surface area contributed by atoms with E-state index in [4.69, 9.17) is 4.74 Å². The van der Waals surface area contributed by atoms with Crippen molar-refractivity contribution in [3.63, 3.8) is 0 Å². The Balaban J connectivity index is 1.65. The van der Waals surface area contributed by atoms with Gasteiger partial charge in [-0.1, -0.05) is 17.7 Å². The number of methoxy groups -OCH3 is 1. The molecule has 118 valence electrons. The molecule has 0 spiro atoms. The number of ether oxygens (including phenoxy) is 1. The summed E-state index contributed by atoms with van der Waals surface area (Å²) in [6.45, 7) is 7.42. The zero-order valence-electron chi connectivity index (χ0n) is 13.3. The maximum absolute atomic E-state index is 5.51. The summed E-state index contributed by atoms with van der Waals surface area (Å²) in [6, 6.07) is 6.42. The summed E-state index contributed by atoms with van der Waals surface area (Å²) in [6.07, 6.45) is 3.06. The third-order valence-corrected chi connectivity index (χ3v) is 4.94. The minimum absolute atomic E-state index is 0.955. The van der Waals surface area contributed by atoms with Crippen LogP contribution in [0.15, 0.2) is 29.8 Å². The second-order valence-corrected chi connectivity index (χ2v) is 6.62. The van der Waals surface area contributed by atoms with Crippen LogP contribution in [0.5, 0.6) is 5.75 Å². The first-order chi connectivity index (χ1) is 10.8. The molecule has 0 bridgehead atoms. The number of nitrogens with zero attached hydrogens (tertiary/aromatic N) is 3. The lowest BCUT2D eigenvalue weighted by Gasteiger charge is -2.22. The van der Waals surface area contributed by atoms with Gasteiger partial charge in [-0.25, -0.2) is 4.98 Å². The molecule has 0 unspecified atom stereocenters. The number of rotatable bonds is 4. The first-order valence-electron chi connectivity index (χ1n) is 7.76. The molecule has 0 amide bonds. The summed E-state index contributed by atoms with van der Waals surface area (Å²) in [5.74, 6) is 0.992. The fourth-order valence-corrected chi connectivity index (χ4v) is 3.66. The number of hydrogen-bond donors (Lipinski definition) is 0. The Hall–Kier alpha value is -1.59. The fourth-order valence-electron chi connectivity index (χ4n) is 2.96. The highest BCUT2D eigenvalue weighted by atomic mass is 32.1. The monoisotopic (exact) mass is 317 g/mol. The number of anilines is 1. The SMILES string of the molecule is COc1ccc(C)cc1CN1CCCN(c2nccs2)CC1. The van der Waals surface area contributed by atoms with Gasteiger partial charge in [0.1, 0.15) is 5.75 Å². The van der Waals surface area contributed by atoms with Crippen molar-refractivity contribution in [3.05, 3.63) is 40.9 Å². The molecule has 0 atom stereocenters. The van der Waals surface area contributed by atoms with Crippen LogP contribution in [-0.4, -0.2) is 43.2 Å². The van der Waals surface area contributed by atoms with Crippen molar-refractivity contribution in [1.82, 2.24) is 9.88 Å². The molecular formula is C17H23N3OS. The highest BCUT2D eigenvalue weighted by Crippen LogP contribution is 2.23. The largest absolute Gasteiger partial charge is 0.496 e. The number of aromatic nitrogens is 1. The molecule has 0 radical (unpaired) electrons. The number of benzene rings is 1. The average Bonchev–Trinajstić information content (AvgIpc) is 2.95. The number of hydrogen-bond acceptors (Lipinski definition) is 5. The van der Waals surface area contributed by atoms with E-state index in [0.717, 1.165) is 43.6 Å². The molecule has 1 saturated heterocycles. The molecule has 0 N–H and O–H groups in total. The zero-order valence-corrected chi connectivity index (χ0v) is 14.1. The van der Waals surface area contributed by atoms with E-state index in [0.29, 0.717) is 0 Å². The molecular weight excluding hydrogens is 294 g/mol. The third-order valence-electron chi connectivity index (χ3n) is 4.11. The van der Waals surface area contributed by atoms with E-state index in [1.54, 1.807) is 18.4 Å². The topological polar surface area (TPSA) is 28.6 Å². The van der Waals surface area contributed by atoms with Crippen LogP contribution in [0.1, 0.15) is 17.5 Å². The predicted octanol–water partition coefficient (Wildman–Crippen LogP) is 3.17. The van der Waals surface area contributed by atoms with Gasteiger partial charge in [-0.2, -0.15) is 0 Å². The summed E-state index contributed by atoms with van der Waals surface area (Å²) in [5, 5.41) is 3.20. The van der Waals surface area contributed by atoms with Crippen LogP contribution in [-0.2, 0) is 6.54 Å². The molecule has 0 aliphatic carbocycles. The quantitative estimate of drug-likeness (QED) is 0.866. The van der Waals surface area contributed by atoms with Gasteiger partial charge in [-0.3, -0.25) is 4.90 Å². The molecule has 2 heterocycles. The van der Waals surface area contributed by atoms with E-state index < -0.39 is 0 Å². The van der Waals surface area contributed by atoms with Crippen molar-refractivity contribution in [2.24, 2.45) is 0 Å². The fraction of sp³-hybridized carbons (Fsp3) is 0.471.